The van der Waals surface area contributed by atoms with Crippen LogP contribution in [0, 0.1) is 0 Å². The van der Waals surface area contributed by atoms with E-state index in [-0.39, 0.29) is 22.6 Å². The monoisotopic (exact) mass is 628 g/mol. The van der Waals surface area contributed by atoms with Gasteiger partial charge in [-0.25, -0.2) is 0 Å². The molecule has 2 fully saturated rings. The average molecular weight is 629 g/mol. The molecule has 2 amide bonds. The lowest BCUT2D eigenvalue weighted by Gasteiger charge is -2.28. The molecular weight excluding hydrogens is 588 g/mol. The second-order valence-corrected chi connectivity index (χ2v) is 15.0. The van der Waals surface area contributed by atoms with Crippen molar-refractivity contribution >= 4 is 23.2 Å². The number of anilines is 2. The van der Waals surface area contributed by atoms with Crippen LogP contribution in [0.15, 0.2) is 97.1 Å². The third-order valence-corrected chi connectivity index (χ3v) is 11.6. The molecule has 0 atom stereocenters. The Morgan fingerprint density at radius 1 is 0.458 bits per heavy atom. The number of carbonyl (C=O) groups is 2. The molecule has 4 aliphatic rings. The van der Waals surface area contributed by atoms with Crippen molar-refractivity contribution in [3.8, 4) is 44.5 Å². The van der Waals surface area contributed by atoms with E-state index < -0.39 is 0 Å². The largest absolute Gasteiger partial charge is 0.312 e. The van der Waals surface area contributed by atoms with Gasteiger partial charge >= 0.3 is 0 Å². The van der Waals surface area contributed by atoms with E-state index in [1.54, 1.807) is 0 Å². The molecule has 2 saturated heterocycles. The molecule has 4 nitrogen and oxygen atoms in total. The summed E-state index contributed by atoms with van der Waals surface area (Å²) in [5.41, 5.74) is 16.1. The van der Waals surface area contributed by atoms with Gasteiger partial charge in [-0.05, 0) is 92.7 Å². The zero-order valence-corrected chi connectivity index (χ0v) is 28.2. The lowest BCUT2D eigenvalue weighted by atomic mass is 9.81. The second kappa shape index (κ2) is 10.3. The van der Waals surface area contributed by atoms with Crippen molar-refractivity contribution < 1.29 is 9.59 Å². The maximum absolute atomic E-state index is 13.5. The normalized spacial score (nSPS) is 18.2. The van der Waals surface area contributed by atoms with Crippen LogP contribution in [0.5, 0.6) is 0 Å². The summed E-state index contributed by atoms with van der Waals surface area (Å²) in [6.07, 6.45) is 2.80. The molecular formula is C44H40N2O2. The highest BCUT2D eigenvalue weighted by molar-refractivity contribution is 6.06. The first-order valence-corrected chi connectivity index (χ1v) is 17.4. The highest BCUT2D eigenvalue weighted by atomic mass is 16.2. The van der Waals surface area contributed by atoms with Gasteiger partial charge in [0.1, 0.15) is 0 Å². The molecule has 9 rings (SSSR count). The SMILES string of the molecule is CC1(C)c2ccccc2-c2ccc(-c3cc(N4CCCC4=O)c(-c4ccc5c(c4)C(C)(C)c4ccccc4-5)cc3N3CCCC3=O)cc21. The molecule has 0 unspecified atom stereocenters. The first-order chi connectivity index (χ1) is 23.1. The van der Waals surface area contributed by atoms with E-state index in [1.165, 1.54) is 44.5 Å². The van der Waals surface area contributed by atoms with E-state index in [4.69, 9.17) is 0 Å². The molecule has 0 bridgehead atoms. The number of nitrogens with zero attached hydrogens (tertiary/aromatic N) is 2. The molecule has 2 aliphatic carbocycles. The Hall–Kier alpha value is -4.96. The van der Waals surface area contributed by atoms with Gasteiger partial charge in [-0.1, -0.05) is 100 Å². The molecule has 4 heteroatoms. The molecule has 238 valence electrons. The van der Waals surface area contributed by atoms with Gasteiger partial charge in [-0.3, -0.25) is 9.59 Å². The third kappa shape index (κ3) is 4.08. The fraction of sp³-hybridized carbons (Fsp3) is 0.273. The number of amides is 2. The Balaban J connectivity index is 1.27. The van der Waals surface area contributed by atoms with Crippen LogP contribution in [0.1, 0.15) is 75.6 Å². The summed E-state index contributed by atoms with van der Waals surface area (Å²) < 4.78 is 0. The number of fused-ring (bicyclic) bond motifs is 6. The summed E-state index contributed by atoms with van der Waals surface area (Å²) in [7, 11) is 0. The van der Waals surface area contributed by atoms with Crippen LogP contribution in [0.2, 0.25) is 0 Å². The maximum atomic E-state index is 13.5. The molecule has 2 heterocycles. The Bertz CT molecular complexity index is 2050. The van der Waals surface area contributed by atoms with Crippen molar-refractivity contribution in [1.29, 1.82) is 0 Å². The van der Waals surface area contributed by atoms with Crippen molar-refractivity contribution in [2.45, 2.75) is 64.2 Å². The van der Waals surface area contributed by atoms with E-state index in [1.807, 2.05) is 9.80 Å². The zero-order chi connectivity index (χ0) is 32.9. The van der Waals surface area contributed by atoms with Crippen LogP contribution in [0.25, 0.3) is 44.5 Å². The van der Waals surface area contributed by atoms with Crippen LogP contribution in [0.3, 0.4) is 0 Å². The van der Waals surface area contributed by atoms with Crippen molar-refractivity contribution in [3.63, 3.8) is 0 Å². The lowest BCUT2D eigenvalue weighted by molar-refractivity contribution is -0.117. The van der Waals surface area contributed by atoms with Crippen molar-refractivity contribution in [1.82, 2.24) is 0 Å². The highest BCUT2D eigenvalue weighted by Gasteiger charge is 2.38. The second-order valence-electron chi connectivity index (χ2n) is 15.0. The zero-order valence-electron chi connectivity index (χ0n) is 28.2. The summed E-state index contributed by atoms with van der Waals surface area (Å²) in [6.45, 7) is 10.6. The summed E-state index contributed by atoms with van der Waals surface area (Å²) >= 11 is 0. The Labute approximate surface area is 283 Å². The predicted octanol–water partition coefficient (Wildman–Crippen LogP) is 9.89. The molecule has 0 radical (unpaired) electrons. The standard InChI is InChI=1S/C44H40N2O2/c1-43(2)35-13-7-5-11-29(35)31-19-17-27(23-37(31)43)33-25-40(46-22-10-16-42(46)48)34(26-39(33)45-21-9-15-41(45)47)28-18-20-32-30-12-6-8-14-36(30)44(3,4)38(32)24-28/h5-8,11-14,17-20,23-26H,9-10,15-16,21-22H2,1-4H3. The van der Waals surface area contributed by atoms with Crippen molar-refractivity contribution in [2.75, 3.05) is 22.9 Å². The Morgan fingerprint density at radius 2 is 0.854 bits per heavy atom. The fourth-order valence-electron chi connectivity index (χ4n) is 9.04. The first kappa shape index (κ1) is 29.2. The molecule has 0 spiro atoms. The minimum absolute atomic E-state index is 0.145. The molecule has 0 N–H and O–H groups in total. The predicted molar refractivity (Wildman–Crippen MR) is 196 cm³/mol. The molecule has 48 heavy (non-hydrogen) atoms. The van der Waals surface area contributed by atoms with Gasteiger partial charge in [0.2, 0.25) is 11.8 Å². The number of benzene rings is 5. The van der Waals surface area contributed by atoms with E-state index in [0.717, 1.165) is 46.5 Å². The van der Waals surface area contributed by atoms with Gasteiger partial charge in [0.15, 0.2) is 0 Å². The van der Waals surface area contributed by atoms with Crippen LogP contribution in [-0.4, -0.2) is 24.9 Å². The maximum Gasteiger partial charge on any atom is 0.227 e. The number of hydrogen-bond donors (Lipinski definition) is 0. The summed E-state index contributed by atoms with van der Waals surface area (Å²) in [5, 5.41) is 0. The molecule has 5 aromatic carbocycles. The van der Waals surface area contributed by atoms with E-state index in [9.17, 15) is 9.59 Å². The smallest absolute Gasteiger partial charge is 0.227 e. The Kier molecular flexibility index (Phi) is 6.25. The number of hydrogen-bond acceptors (Lipinski definition) is 2. The van der Waals surface area contributed by atoms with E-state index in [2.05, 4.69) is 125 Å². The summed E-state index contributed by atoms with van der Waals surface area (Å²) in [4.78, 5) is 30.9. The average Bonchev–Trinajstić information content (AvgIpc) is 3.84. The molecule has 2 aliphatic heterocycles. The minimum Gasteiger partial charge on any atom is -0.312 e. The van der Waals surface area contributed by atoms with Gasteiger partial charge < -0.3 is 9.80 Å². The third-order valence-electron chi connectivity index (χ3n) is 11.6. The van der Waals surface area contributed by atoms with Crippen molar-refractivity contribution in [3.05, 3.63) is 119 Å². The number of carbonyl (C=O) groups excluding carboxylic acids is 2. The van der Waals surface area contributed by atoms with Crippen molar-refractivity contribution in [2.24, 2.45) is 0 Å². The molecule has 0 saturated carbocycles. The highest BCUT2D eigenvalue weighted by Crippen LogP contribution is 2.53. The molecule has 0 aromatic heterocycles. The van der Waals surface area contributed by atoms with Gasteiger partial charge in [0.25, 0.3) is 0 Å². The van der Waals surface area contributed by atoms with Crippen LogP contribution >= 0.6 is 0 Å². The van der Waals surface area contributed by atoms with E-state index >= 15 is 0 Å². The quantitative estimate of drug-likeness (QED) is 0.199. The fourth-order valence-corrected chi connectivity index (χ4v) is 9.04. The minimum atomic E-state index is -0.145. The van der Waals surface area contributed by atoms with Crippen LogP contribution in [-0.2, 0) is 20.4 Å². The summed E-state index contributed by atoms with van der Waals surface area (Å²) in [6, 6.07) is 35.4. The topological polar surface area (TPSA) is 40.6 Å². The van der Waals surface area contributed by atoms with Gasteiger partial charge in [-0.2, -0.15) is 0 Å². The van der Waals surface area contributed by atoms with Crippen LogP contribution < -0.4 is 9.80 Å². The van der Waals surface area contributed by atoms with Gasteiger partial charge in [0, 0.05) is 47.9 Å². The number of rotatable bonds is 4. The summed E-state index contributed by atoms with van der Waals surface area (Å²) in [5.74, 6) is 0.318. The van der Waals surface area contributed by atoms with E-state index in [0.29, 0.717) is 25.9 Å². The Morgan fingerprint density at radius 3 is 1.25 bits per heavy atom. The van der Waals surface area contributed by atoms with Gasteiger partial charge in [0.05, 0.1) is 11.4 Å². The molecule has 5 aromatic rings. The first-order valence-electron chi connectivity index (χ1n) is 17.4. The van der Waals surface area contributed by atoms with Gasteiger partial charge in [-0.15, -0.1) is 0 Å². The lowest BCUT2D eigenvalue weighted by Crippen LogP contribution is -2.27. The van der Waals surface area contributed by atoms with Crippen LogP contribution in [0.4, 0.5) is 11.4 Å².